The third-order valence-electron chi connectivity index (χ3n) is 4.49. The molecule has 0 unspecified atom stereocenters. The Balaban J connectivity index is 1.67. The zero-order valence-electron chi connectivity index (χ0n) is 15.3. The molecule has 0 spiro atoms. The molecule has 0 saturated carbocycles. The largest absolute Gasteiger partial charge is 0.372 e. The van der Waals surface area contributed by atoms with Gasteiger partial charge in [-0.25, -0.2) is 8.42 Å². The van der Waals surface area contributed by atoms with E-state index in [1.54, 1.807) is 30.5 Å². The maximum Gasteiger partial charge on any atom is 0.241 e. The number of benzene rings is 1. The van der Waals surface area contributed by atoms with Crippen LogP contribution in [0.4, 0.5) is 11.4 Å². The number of carbonyl (C=O) groups excluding carboxylic acids is 1. The molecule has 1 saturated heterocycles. The summed E-state index contributed by atoms with van der Waals surface area (Å²) in [6, 6.07) is 12.7. The van der Waals surface area contributed by atoms with E-state index < -0.39 is 10.0 Å². The molecule has 144 valence electrons. The van der Waals surface area contributed by atoms with Crippen LogP contribution in [0.1, 0.15) is 18.5 Å². The summed E-state index contributed by atoms with van der Waals surface area (Å²) in [5.41, 5.74) is 2.27. The lowest BCUT2D eigenvalue weighted by atomic mass is 10.2. The molecule has 2 heterocycles. The molecule has 1 aromatic carbocycles. The van der Waals surface area contributed by atoms with Gasteiger partial charge in [-0.05, 0) is 49.2 Å². The van der Waals surface area contributed by atoms with Gasteiger partial charge in [0.1, 0.15) is 6.54 Å². The number of hydrogen-bond donors (Lipinski definition) is 1. The lowest BCUT2D eigenvalue weighted by Gasteiger charge is -2.23. The zero-order valence-corrected chi connectivity index (χ0v) is 16.2. The van der Waals surface area contributed by atoms with Gasteiger partial charge in [-0.1, -0.05) is 6.07 Å². The Morgan fingerprint density at radius 3 is 2.44 bits per heavy atom. The molecule has 1 N–H and O–H groups in total. The Morgan fingerprint density at radius 2 is 1.85 bits per heavy atom. The lowest BCUT2D eigenvalue weighted by molar-refractivity contribution is -0.119. The maximum absolute atomic E-state index is 12.3. The number of anilines is 2. The van der Waals surface area contributed by atoms with E-state index in [9.17, 15) is 13.2 Å². The van der Waals surface area contributed by atoms with E-state index in [0.29, 0.717) is 11.4 Å². The van der Waals surface area contributed by atoms with Crippen molar-refractivity contribution in [3.05, 3.63) is 54.4 Å². The van der Waals surface area contributed by atoms with Gasteiger partial charge < -0.3 is 10.2 Å². The fourth-order valence-electron chi connectivity index (χ4n) is 3.08. The number of carbonyl (C=O) groups is 1. The molecule has 1 aromatic heterocycles. The van der Waals surface area contributed by atoms with Gasteiger partial charge in [-0.2, -0.15) is 0 Å². The summed E-state index contributed by atoms with van der Waals surface area (Å²) < 4.78 is 25.5. The highest BCUT2D eigenvalue weighted by molar-refractivity contribution is 7.92. The summed E-state index contributed by atoms with van der Waals surface area (Å²) in [4.78, 5) is 18.7. The van der Waals surface area contributed by atoms with Gasteiger partial charge >= 0.3 is 0 Å². The monoisotopic (exact) mass is 388 g/mol. The SMILES string of the molecule is CS(=O)(=O)N(CC(=O)NCc1ccccn1)c1ccc(N2CCCC2)cc1. The van der Waals surface area contributed by atoms with Crippen molar-refractivity contribution in [1.82, 2.24) is 10.3 Å². The highest BCUT2D eigenvalue weighted by atomic mass is 32.2. The first-order valence-electron chi connectivity index (χ1n) is 8.93. The van der Waals surface area contributed by atoms with Crippen LogP contribution < -0.4 is 14.5 Å². The van der Waals surface area contributed by atoms with Crippen molar-refractivity contribution < 1.29 is 13.2 Å². The Morgan fingerprint density at radius 1 is 1.15 bits per heavy atom. The van der Waals surface area contributed by atoms with E-state index in [1.165, 1.54) is 12.8 Å². The minimum Gasteiger partial charge on any atom is -0.372 e. The summed E-state index contributed by atoms with van der Waals surface area (Å²) >= 11 is 0. The average molecular weight is 388 g/mol. The summed E-state index contributed by atoms with van der Waals surface area (Å²) in [6.07, 6.45) is 5.10. The zero-order chi connectivity index (χ0) is 19.3. The summed E-state index contributed by atoms with van der Waals surface area (Å²) in [5.74, 6) is -0.380. The minimum atomic E-state index is -3.58. The van der Waals surface area contributed by atoms with E-state index in [1.807, 2.05) is 18.2 Å². The number of nitrogens with one attached hydrogen (secondary N) is 1. The molecule has 3 rings (SSSR count). The van der Waals surface area contributed by atoms with Crippen molar-refractivity contribution in [2.45, 2.75) is 19.4 Å². The standard InChI is InChI=1S/C19H24N4O3S/c1-27(25,26)23(15-19(24)21-14-16-6-2-3-11-20-16)18-9-7-17(8-10-18)22-12-4-5-13-22/h2-3,6-11H,4-5,12-15H2,1H3,(H,21,24). The molecular weight excluding hydrogens is 364 g/mol. The summed E-state index contributed by atoms with van der Waals surface area (Å²) in [5, 5.41) is 2.71. The molecule has 0 aliphatic carbocycles. The normalized spacial score (nSPS) is 14.2. The van der Waals surface area contributed by atoms with Crippen molar-refractivity contribution >= 4 is 27.3 Å². The van der Waals surface area contributed by atoms with Gasteiger partial charge in [0.15, 0.2) is 0 Å². The molecule has 0 atom stereocenters. The number of nitrogens with zero attached hydrogens (tertiary/aromatic N) is 3. The van der Waals surface area contributed by atoms with Crippen molar-refractivity contribution in [1.29, 1.82) is 0 Å². The van der Waals surface area contributed by atoms with Gasteiger partial charge in [0, 0.05) is 25.0 Å². The number of sulfonamides is 1. The highest BCUT2D eigenvalue weighted by Crippen LogP contribution is 2.25. The topological polar surface area (TPSA) is 82.6 Å². The van der Waals surface area contributed by atoms with Gasteiger partial charge in [0.2, 0.25) is 15.9 Å². The summed E-state index contributed by atoms with van der Waals surface area (Å²) in [6.45, 7) is 2.02. The first-order valence-corrected chi connectivity index (χ1v) is 10.8. The van der Waals surface area contributed by atoms with E-state index in [0.717, 1.165) is 29.3 Å². The Bertz CT molecular complexity index is 864. The van der Waals surface area contributed by atoms with Gasteiger partial charge in [0.25, 0.3) is 0 Å². The molecule has 1 aliphatic heterocycles. The third kappa shape index (κ3) is 5.19. The molecule has 0 radical (unpaired) electrons. The molecule has 1 fully saturated rings. The van der Waals surface area contributed by atoms with Crippen LogP contribution in [-0.4, -0.2) is 45.2 Å². The predicted molar refractivity (Wildman–Crippen MR) is 106 cm³/mol. The number of rotatable bonds is 7. The lowest BCUT2D eigenvalue weighted by Crippen LogP contribution is -2.40. The van der Waals surface area contributed by atoms with Gasteiger partial charge in [0.05, 0.1) is 24.2 Å². The second-order valence-electron chi connectivity index (χ2n) is 6.58. The molecular formula is C19H24N4O3S. The Kier molecular flexibility index (Phi) is 5.95. The van der Waals surface area contributed by atoms with Crippen molar-refractivity contribution in [3.8, 4) is 0 Å². The fraction of sp³-hybridized carbons (Fsp3) is 0.368. The molecule has 7 nitrogen and oxygen atoms in total. The molecule has 1 amide bonds. The smallest absolute Gasteiger partial charge is 0.241 e. The van der Waals surface area contributed by atoms with Crippen LogP contribution in [0.5, 0.6) is 0 Å². The number of pyridine rings is 1. The maximum atomic E-state index is 12.3. The third-order valence-corrected chi connectivity index (χ3v) is 5.63. The van der Waals surface area contributed by atoms with E-state index in [2.05, 4.69) is 15.2 Å². The second-order valence-corrected chi connectivity index (χ2v) is 8.48. The number of aromatic nitrogens is 1. The first kappa shape index (κ1) is 19.2. The Hall–Kier alpha value is -2.61. The van der Waals surface area contributed by atoms with Crippen molar-refractivity contribution in [3.63, 3.8) is 0 Å². The van der Waals surface area contributed by atoms with E-state index in [4.69, 9.17) is 0 Å². The number of amides is 1. The van der Waals surface area contributed by atoms with E-state index in [-0.39, 0.29) is 19.0 Å². The molecule has 27 heavy (non-hydrogen) atoms. The van der Waals surface area contributed by atoms with Gasteiger partial charge in [-0.15, -0.1) is 0 Å². The van der Waals surface area contributed by atoms with Crippen LogP contribution in [0.2, 0.25) is 0 Å². The minimum absolute atomic E-state index is 0.255. The highest BCUT2D eigenvalue weighted by Gasteiger charge is 2.21. The predicted octanol–water partition coefficient (Wildman–Crippen LogP) is 1.76. The number of hydrogen-bond acceptors (Lipinski definition) is 5. The Labute approximate surface area is 160 Å². The van der Waals surface area contributed by atoms with Crippen LogP contribution in [0.15, 0.2) is 48.7 Å². The summed E-state index contributed by atoms with van der Waals surface area (Å²) in [7, 11) is -3.58. The van der Waals surface area contributed by atoms with Crippen molar-refractivity contribution in [2.24, 2.45) is 0 Å². The quantitative estimate of drug-likeness (QED) is 0.782. The van der Waals surface area contributed by atoms with Crippen LogP contribution in [-0.2, 0) is 21.4 Å². The molecule has 2 aromatic rings. The van der Waals surface area contributed by atoms with Crippen LogP contribution in [0.25, 0.3) is 0 Å². The van der Waals surface area contributed by atoms with Crippen LogP contribution >= 0.6 is 0 Å². The first-order chi connectivity index (χ1) is 12.9. The van der Waals surface area contributed by atoms with Crippen LogP contribution in [0, 0.1) is 0 Å². The van der Waals surface area contributed by atoms with Crippen molar-refractivity contribution in [2.75, 3.05) is 35.1 Å². The fourth-order valence-corrected chi connectivity index (χ4v) is 3.94. The average Bonchev–Trinajstić information content (AvgIpc) is 3.19. The molecule has 1 aliphatic rings. The molecule has 0 bridgehead atoms. The van der Waals surface area contributed by atoms with E-state index >= 15 is 0 Å². The van der Waals surface area contributed by atoms with Gasteiger partial charge in [-0.3, -0.25) is 14.1 Å². The molecule has 8 heteroatoms. The second kappa shape index (κ2) is 8.39. The van der Waals surface area contributed by atoms with Crippen LogP contribution in [0.3, 0.4) is 0 Å².